The number of carbonyl (C=O) groups is 2. The fourth-order valence-corrected chi connectivity index (χ4v) is 4.52. The first-order chi connectivity index (χ1) is 14.2. The van der Waals surface area contributed by atoms with E-state index in [2.05, 4.69) is 10.6 Å². The Kier molecular flexibility index (Phi) is 7.59. The average molecular weight is 433 g/mol. The molecule has 3 atom stereocenters. The Morgan fingerprint density at radius 1 is 1.19 bits per heavy atom. The Morgan fingerprint density at radius 2 is 1.77 bits per heavy atom. The lowest BCUT2D eigenvalue weighted by atomic mass is 9.58. The number of aliphatic hydroxyl groups is 2. The lowest BCUT2D eigenvalue weighted by Gasteiger charge is -2.49. The van der Waals surface area contributed by atoms with Crippen molar-refractivity contribution in [2.24, 2.45) is 17.3 Å². The zero-order chi connectivity index (χ0) is 23.6. The number of rotatable bonds is 7. The summed E-state index contributed by atoms with van der Waals surface area (Å²) >= 11 is 0. The summed E-state index contributed by atoms with van der Waals surface area (Å²) in [6.07, 6.45) is 1.62. The molecule has 0 saturated heterocycles. The van der Waals surface area contributed by atoms with Crippen LogP contribution in [0, 0.1) is 24.2 Å². The molecule has 1 aromatic rings. The standard InChI is InChI=1S/C25H40N2O4/c1-16(2)20(27-22(29)26-15-24(6,7)30)21(28)18-12-13-25(31,23(4,5)14-18)19-10-8-17(3)9-11-19/h8-11,16,18,20,30-31H,12-15H2,1-7H3,(H2,26,27,29). The monoisotopic (exact) mass is 432 g/mol. The number of carbonyl (C=O) groups excluding carboxylic acids is 2. The summed E-state index contributed by atoms with van der Waals surface area (Å²) in [5, 5.41) is 26.8. The molecule has 2 amide bonds. The van der Waals surface area contributed by atoms with E-state index in [1.165, 1.54) is 0 Å². The van der Waals surface area contributed by atoms with E-state index in [1.807, 2.05) is 58.9 Å². The second kappa shape index (κ2) is 9.29. The summed E-state index contributed by atoms with van der Waals surface area (Å²) in [6, 6.07) is 6.89. The maximum atomic E-state index is 13.4. The molecule has 6 heteroatoms. The van der Waals surface area contributed by atoms with Gasteiger partial charge in [0.1, 0.15) is 0 Å². The summed E-state index contributed by atoms with van der Waals surface area (Å²) in [7, 11) is 0. The van der Waals surface area contributed by atoms with Crippen molar-refractivity contribution in [3.8, 4) is 0 Å². The molecule has 1 fully saturated rings. The molecule has 1 aliphatic rings. The van der Waals surface area contributed by atoms with Crippen LogP contribution in [0.15, 0.2) is 24.3 Å². The molecule has 6 nitrogen and oxygen atoms in total. The van der Waals surface area contributed by atoms with Crippen molar-refractivity contribution in [1.82, 2.24) is 10.6 Å². The van der Waals surface area contributed by atoms with Gasteiger partial charge < -0.3 is 20.8 Å². The molecule has 0 bridgehead atoms. The number of ketones is 1. The summed E-state index contributed by atoms with van der Waals surface area (Å²) in [5.74, 6) is -0.295. The van der Waals surface area contributed by atoms with Gasteiger partial charge in [-0.15, -0.1) is 0 Å². The number of nitrogens with one attached hydrogen (secondary N) is 2. The first-order valence-electron chi connectivity index (χ1n) is 11.3. The van der Waals surface area contributed by atoms with Crippen molar-refractivity contribution in [2.45, 2.75) is 85.0 Å². The van der Waals surface area contributed by atoms with Crippen LogP contribution in [0.3, 0.4) is 0 Å². The molecule has 0 heterocycles. The van der Waals surface area contributed by atoms with Crippen LogP contribution in [0.4, 0.5) is 4.79 Å². The minimum Gasteiger partial charge on any atom is -0.389 e. The van der Waals surface area contributed by atoms with E-state index in [4.69, 9.17) is 0 Å². The van der Waals surface area contributed by atoms with Gasteiger partial charge in [-0.25, -0.2) is 4.79 Å². The highest BCUT2D eigenvalue weighted by atomic mass is 16.3. The van der Waals surface area contributed by atoms with E-state index < -0.39 is 28.7 Å². The van der Waals surface area contributed by atoms with Crippen LogP contribution in [-0.2, 0) is 10.4 Å². The van der Waals surface area contributed by atoms with Gasteiger partial charge in [-0.05, 0) is 56.9 Å². The number of benzene rings is 1. The van der Waals surface area contributed by atoms with E-state index in [0.717, 1.165) is 11.1 Å². The maximum absolute atomic E-state index is 13.4. The predicted molar refractivity (Wildman–Crippen MR) is 123 cm³/mol. The van der Waals surface area contributed by atoms with Gasteiger partial charge in [-0.2, -0.15) is 0 Å². The normalized spacial score (nSPS) is 24.5. The summed E-state index contributed by atoms with van der Waals surface area (Å²) < 4.78 is 0. The van der Waals surface area contributed by atoms with E-state index in [0.29, 0.717) is 19.3 Å². The van der Waals surface area contributed by atoms with Crippen LogP contribution in [0.1, 0.15) is 71.9 Å². The van der Waals surface area contributed by atoms with Gasteiger partial charge in [0.05, 0.1) is 17.2 Å². The fraction of sp³-hybridized carbons (Fsp3) is 0.680. The maximum Gasteiger partial charge on any atom is 0.315 e. The molecule has 0 aliphatic heterocycles. The van der Waals surface area contributed by atoms with E-state index in [9.17, 15) is 19.8 Å². The van der Waals surface area contributed by atoms with Crippen LogP contribution in [-0.4, -0.2) is 40.2 Å². The van der Waals surface area contributed by atoms with Crippen molar-refractivity contribution < 1.29 is 19.8 Å². The molecule has 1 aliphatic carbocycles. The van der Waals surface area contributed by atoms with E-state index >= 15 is 0 Å². The van der Waals surface area contributed by atoms with Crippen molar-refractivity contribution in [3.05, 3.63) is 35.4 Å². The van der Waals surface area contributed by atoms with Crippen LogP contribution < -0.4 is 10.6 Å². The van der Waals surface area contributed by atoms with Crippen LogP contribution in [0.5, 0.6) is 0 Å². The minimum absolute atomic E-state index is 0.00689. The zero-order valence-electron chi connectivity index (χ0n) is 20.1. The second-order valence-corrected chi connectivity index (χ2v) is 10.8. The summed E-state index contributed by atoms with van der Waals surface area (Å²) in [4.78, 5) is 25.7. The first-order valence-corrected chi connectivity index (χ1v) is 11.3. The van der Waals surface area contributed by atoms with Crippen LogP contribution >= 0.6 is 0 Å². The molecule has 174 valence electrons. The fourth-order valence-electron chi connectivity index (χ4n) is 4.52. The lowest BCUT2D eigenvalue weighted by Crippen LogP contribution is -2.54. The number of amides is 2. The molecule has 4 N–H and O–H groups in total. The van der Waals surface area contributed by atoms with Crippen LogP contribution in [0.2, 0.25) is 0 Å². The molecule has 1 aromatic carbocycles. The lowest BCUT2D eigenvalue weighted by molar-refractivity contribution is -0.142. The van der Waals surface area contributed by atoms with Gasteiger partial charge >= 0.3 is 6.03 Å². The number of hydrogen-bond donors (Lipinski definition) is 4. The largest absolute Gasteiger partial charge is 0.389 e. The van der Waals surface area contributed by atoms with Crippen molar-refractivity contribution in [1.29, 1.82) is 0 Å². The SMILES string of the molecule is Cc1ccc(C2(O)CCC(C(=O)C(NC(=O)NCC(C)(C)O)C(C)C)CC2(C)C)cc1. The summed E-state index contributed by atoms with van der Waals surface area (Å²) in [6.45, 7) is 13.2. The molecule has 2 rings (SSSR count). The van der Waals surface area contributed by atoms with E-state index in [1.54, 1.807) is 13.8 Å². The molecular weight excluding hydrogens is 392 g/mol. The van der Waals surface area contributed by atoms with Crippen molar-refractivity contribution >= 4 is 11.8 Å². The third kappa shape index (κ3) is 6.07. The Hall–Kier alpha value is -1.92. The predicted octanol–water partition coefficient (Wildman–Crippen LogP) is 3.67. The van der Waals surface area contributed by atoms with Gasteiger partial charge in [0.25, 0.3) is 0 Å². The van der Waals surface area contributed by atoms with Gasteiger partial charge in [-0.1, -0.05) is 57.5 Å². The zero-order valence-corrected chi connectivity index (χ0v) is 20.1. The van der Waals surface area contributed by atoms with E-state index in [-0.39, 0.29) is 24.2 Å². The number of Topliss-reactive ketones (excluding diaryl/α,β-unsaturated/α-hetero) is 1. The van der Waals surface area contributed by atoms with Crippen molar-refractivity contribution in [2.75, 3.05) is 6.54 Å². The molecule has 3 unspecified atom stereocenters. The Bertz CT molecular complexity index is 780. The highest BCUT2D eigenvalue weighted by Crippen LogP contribution is 2.52. The second-order valence-electron chi connectivity index (χ2n) is 10.8. The molecule has 31 heavy (non-hydrogen) atoms. The average Bonchev–Trinajstić information content (AvgIpc) is 2.65. The molecule has 0 radical (unpaired) electrons. The number of urea groups is 1. The van der Waals surface area contributed by atoms with Gasteiger partial charge in [0, 0.05) is 12.5 Å². The highest BCUT2D eigenvalue weighted by Gasteiger charge is 2.51. The van der Waals surface area contributed by atoms with Gasteiger partial charge in [-0.3, -0.25) is 4.79 Å². The minimum atomic E-state index is -1.03. The van der Waals surface area contributed by atoms with Crippen LogP contribution in [0.25, 0.3) is 0 Å². The summed E-state index contributed by atoms with van der Waals surface area (Å²) in [5.41, 5.74) is -0.489. The Balaban J connectivity index is 2.12. The third-order valence-corrected chi connectivity index (χ3v) is 6.60. The topological polar surface area (TPSA) is 98.7 Å². The smallest absolute Gasteiger partial charge is 0.315 e. The first kappa shape index (κ1) is 25.3. The number of hydrogen-bond acceptors (Lipinski definition) is 4. The van der Waals surface area contributed by atoms with Gasteiger partial charge in [0.2, 0.25) is 0 Å². The Labute approximate surface area is 186 Å². The van der Waals surface area contributed by atoms with Gasteiger partial charge in [0.15, 0.2) is 5.78 Å². The molecular formula is C25H40N2O4. The Morgan fingerprint density at radius 3 is 2.26 bits per heavy atom. The highest BCUT2D eigenvalue weighted by molar-refractivity contribution is 5.90. The molecule has 0 aromatic heterocycles. The molecule has 1 saturated carbocycles. The third-order valence-electron chi connectivity index (χ3n) is 6.60. The van der Waals surface area contributed by atoms with Crippen molar-refractivity contribution in [3.63, 3.8) is 0 Å². The quantitative estimate of drug-likeness (QED) is 0.528. The number of aryl methyl sites for hydroxylation is 1. The molecule has 0 spiro atoms.